The van der Waals surface area contributed by atoms with Crippen LogP contribution in [0.2, 0.25) is 0 Å². The summed E-state index contributed by atoms with van der Waals surface area (Å²) in [4.78, 5) is 4.59. The highest BCUT2D eigenvalue weighted by Crippen LogP contribution is 2.39. The highest BCUT2D eigenvalue weighted by atomic mass is 32.1. The zero-order valence-electron chi connectivity index (χ0n) is 17.9. The third-order valence-electron chi connectivity index (χ3n) is 4.70. The van der Waals surface area contributed by atoms with Gasteiger partial charge in [-0.1, -0.05) is 71.9 Å². The van der Waals surface area contributed by atoms with Gasteiger partial charge in [0.2, 0.25) is 5.13 Å². The average Bonchev–Trinajstić information content (AvgIpc) is 3.10. The van der Waals surface area contributed by atoms with E-state index >= 15 is 0 Å². The molecule has 0 aliphatic heterocycles. The van der Waals surface area contributed by atoms with E-state index in [1.54, 1.807) is 6.21 Å². The number of hydrogen-bond acceptors (Lipinski definition) is 5. The molecule has 1 aromatic heterocycles. The van der Waals surface area contributed by atoms with Crippen LogP contribution in [0.4, 0.5) is 5.13 Å². The van der Waals surface area contributed by atoms with Crippen LogP contribution in [-0.4, -0.2) is 16.3 Å². The Balaban J connectivity index is 1.85. The summed E-state index contributed by atoms with van der Waals surface area (Å²) in [6, 6.07) is 14.1. The van der Waals surface area contributed by atoms with Gasteiger partial charge in [0, 0.05) is 22.1 Å². The topological polar surface area (TPSA) is 57.5 Å². The molecule has 3 rings (SSSR count). The van der Waals surface area contributed by atoms with Crippen molar-refractivity contribution in [2.24, 2.45) is 5.10 Å². The van der Waals surface area contributed by atoms with E-state index in [9.17, 15) is 5.11 Å². The number of phenolic OH excluding ortho intramolecular Hbond substituents is 1. The van der Waals surface area contributed by atoms with E-state index < -0.39 is 0 Å². The van der Waals surface area contributed by atoms with Crippen molar-refractivity contribution in [2.45, 2.75) is 52.4 Å². The molecule has 0 bridgehead atoms. The number of rotatable bonds is 4. The number of nitrogens with zero attached hydrogens (tertiary/aromatic N) is 2. The molecule has 5 heteroatoms. The van der Waals surface area contributed by atoms with Crippen molar-refractivity contribution in [2.75, 3.05) is 5.43 Å². The Bertz CT molecular complexity index is 974. The van der Waals surface area contributed by atoms with Crippen LogP contribution < -0.4 is 5.43 Å². The molecular weight excluding hydrogens is 378 g/mol. The monoisotopic (exact) mass is 407 g/mol. The summed E-state index contributed by atoms with van der Waals surface area (Å²) >= 11 is 1.52. The van der Waals surface area contributed by atoms with Gasteiger partial charge in [-0.25, -0.2) is 4.98 Å². The van der Waals surface area contributed by atoms with Crippen LogP contribution in [0.15, 0.2) is 52.9 Å². The van der Waals surface area contributed by atoms with Gasteiger partial charge in [0.05, 0.1) is 11.9 Å². The first-order chi connectivity index (χ1) is 13.6. The molecule has 0 fully saturated rings. The van der Waals surface area contributed by atoms with Gasteiger partial charge in [0.15, 0.2) is 0 Å². The second kappa shape index (κ2) is 7.99. The zero-order valence-corrected chi connectivity index (χ0v) is 18.8. The SMILES string of the molecule is CC(C)(C)c1cc(C=NNc2nc(-c3ccccc3)cs2)cc(C(C)(C)C)c1O. The third kappa shape index (κ3) is 5.04. The van der Waals surface area contributed by atoms with Crippen LogP contribution in [0.3, 0.4) is 0 Å². The minimum Gasteiger partial charge on any atom is -0.507 e. The number of nitrogens with one attached hydrogen (secondary N) is 1. The maximum Gasteiger partial charge on any atom is 0.203 e. The van der Waals surface area contributed by atoms with E-state index in [1.807, 2.05) is 47.8 Å². The number of hydrogen-bond donors (Lipinski definition) is 2. The van der Waals surface area contributed by atoms with Crippen molar-refractivity contribution in [1.82, 2.24) is 4.98 Å². The molecule has 1 heterocycles. The Morgan fingerprint density at radius 2 is 1.55 bits per heavy atom. The first kappa shape index (κ1) is 21.1. The number of anilines is 1. The molecule has 152 valence electrons. The minimum absolute atomic E-state index is 0.165. The van der Waals surface area contributed by atoms with E-state index in [-0.39, 0.29) is 10.8 Å². The van der Waals surface area contributed by atoms with Crippen LogP contribution in [0.1, 0.15) is 58.2 Å². The maximum atomic E-state index is 10.8. The average molecular weight is 408 g/mol. The minimum atomic E-state index is -0.165. The van der Waals surface area contributed by atoms with Crippen molar-refractivity contribution in [1.29, 1.82) is 0 Å². The number of hydrazone groups is 1. The molecule has 0 aliphatic rings. The summed E-state index contributed by atoms with van der Waals surface area (Å²) in [5.41, 5.74) is 7.51. The number of phenols is 1. The van der Waals surface area contributed by atoms with E-state index in [0.717, 1.165) is 33.1 Å². The lowest BCUT2D eigenvalue weighted by Gasteiger charge is -2.27. The predicted octanol–water partition coefficient (Wildman–Crippen LogP) is 6.56. The van der Waals surface area contributed by atoms with Gasteiger partial charge in [-0.15, -0.1) is 11.3 Å². The molecule has 0 amide bonds. The van der Waals surface area contributed by atoms with Gasteiger partial charge < -0.3 is 5.11 Å². The van der Waals surface area contributed by atoms with Crippen LogP contribution in [0, 0.1) is 0 Å². The normalized spacial score (nSPS) is 12.5. The molecule has 0 saturated heterocycles. The van der Waals surface area contributed by atoms with Crippen molar-refractivity contribution in [3.63, 3.8) is 0 Å². The Hall–Kier alpha value is -2.66. The fourth-order valence-electron chi connectivity index (χ4n) is 3.10. The molecule has 0 unspecified atom stereocenters. The standard InChI is InChI=1S/C24H29N3OS/c1-23(2,3)18-12-16(13-19(21(18)28)24(4,5)6)14-25-27-22-26-20(15-29-22)17-10-8-7-9-11-17/h7-15,28H,1-6H3,(H,26,27). The second-order valence-corrected chi connectivity index (χ2v) is 10.1. The zero-order chi connectivity index (χ0) is 21.2. The van der Waals surface area contributed by atoms with Crippen LogP contribution >= 0.6 is 11.3 Å². The number of thiazole rings is 1. The van der Waals surface area contributed by atoms with E-state index in [0.29, 0.717) is 5.75 Å². The quantitative estimate of drug-likeness (QED) is 0.380. The van der Waals surface area contributed by atoms with Crippen molar-refractivity contribution in [3.05, 3.63) is 64.5 Å². The Morgan fingerprint density at radius 1 is 0.966 bits per heavy atom. The lowest BCUT2D eigenvalue weighted by Crippen LogP contribution is -2.17. The Kier molecular flexibility index (Phi) is 5.80. The van der Waals surface area contributed by atoms with Gasteiger partial charge in [-0.3, -0.25) is 5.43 Å². The summed E-state index contributed by atoms with van der Waals surface area (Å²) in [6.45, 7) is 12.6. The van der Waals surface area contributed by atoms with Crippen molar-refractivity contribution < 1.29 is 5.11 Å². The van der Waals surface area contributed by atoms with Crippen LogP contribution in [0.5, 0.6) is 5.75 Å². The molecule has 0 atom stereocenters. The van der Waals surface area contributed by atoms with Gasteiger partial charge in [0.1, 0.15) is 5.75 Å². The van der Waals surface area contributed by atoms with Gasteiger partial charge >= 0.3 is 0 Å². The molecule has 0 radical (unpaired) electrons. The smallest absolute Gasteiger partial charge is 0.203 e. The van der Waals surface area contributed by atoms with Gasteiger partial charge in [-0.2, -0.15) is 5.10 Å². The summed E-state index contributed by atoms with van der Waals surface area (Å²) in [7, 11) is 0. The fourth-order valence-corrected chi connectivity index (χ4v) is 3.77. The summed E-state index contributed by atoms with van der Waals surface area (Å²) in [5.74, 6) is 0.377. The van der Waals surface area contributed by atoms with Crippen molar-refractivity contribution >= 4 is 22.7 Å². The molecule has 0 spiro atoms. The van der Waals surface area contributed by atoms with E-state index in [4.69, 9.17) is 0 Å². The molecular formula is C24H29N3OS. The molecule has 2 N–H and O–H groups in total. The Labute approximate surface area is 177 Å². The molecule has 3 aromatic rings. The lowest BCUT2D eigenvalue weighted by molar-refractivity contribution is 0.423. The van der Waals surface area contributed by atoms with E-state index in [2.05, 4.69) is 57.1 Å². The highest BCUT2D eigenvalue weighted by Gasteiger charge is 2.26. The molecule has 0 aliphatic carbocycles. The fraction of sp³-hybridized carbons (Fsp3) is 0.333. The van der Waals surface area contributed by atoms with Crippen LogP contribution in [0.25, 0.3) is 11.3 Å². The largest absolute Gasteiger partial charge is 0.507 e. The first-order valence-corrected chi connectivity index (χ1v) is 10.6. The van der Waals surface area contributed by atoms with Gasteiger partial charge in [0.25, 0.3) is 0 Å². The summed E-state index contributed by atoms with van der Waals surface area (Å²) < 4.78 is 0. The molecule has 0 saturated carbocycles. The first-order valence-electron chi connectivity index (χ1n) is 9.74. The maximum absolute atomic E-state index is 10.8. The number of aromatic hydroxyl groups is 1. The number of aromatic nitrogens is 1. The molecule has 29 heavy (non-hydrogen) atoms. The van der Waals surface area contributed by atoms with Crippen LogP contribution in [-0.2, 0) is 10.8 Å². The van der Waals surface area contributed by atoms with Gasteiger partial charge in [-0.05, 0) is 28.5 Å². The summed E-state index contributed by atoms with van der Waals surface area (Å²) in [6.07, 6.45) is 1.79. The molecule has 2 aromatic carbocycles. The third-order valence-corrected chi connectivity index (χ3v) is 5.44. The highest BCUT2D eigenvalue weighted by molar-refractivity contribution is 7.14. The Morgan fingerprint density at radius 3 is 2.10 bits per heavy atom. The van der Waals surface area contributed by atoms with Crippen molar-refractivity contribution in [3.8, 4) is 17.0 Å². The predicted molar refractivity (Wildman–Crippen MR) is 124 cm³/mol. The second-order valence-electron chi connectivity index (χ2n) is 9.24. The lowest BCUT2D eigenvalue weighted by atomic mass is 9.78. The summed E-state index contributed by atoms with van der Waals surface area (Å²) in [5, 5.41) is 18.0. The number of benzene rings is 2. The van der Waals surface area contributed by atoms with E-state index in [1.165, 1.54) is 11.3 Å². The molecule has 4 nitrogen and oxygen atoms in total.